The standard InChI is InChI=1S/C20H23N5O.C2HF3O2/c1-24-18-10-12-25(13-17-9-5-6-11-21-17)19(20(18)22-23-24)15-26-14-16-7-3-2-4-8-16;3-2(4,5)1(6)7/h2-9,11,19H,10,12-15H2,1H3;(H,6,7). The lowest BCUT2D eigenvalue weighted by molar-refractivity contribution is -0.192. The number of hydrogen-bond donors (Lipinski definition) is 1. The van der Waals surface area contributed by atoms with Gasteiger partial charge >= 0.3 is 12.1 Å². The number of alkyl halides is 3. The van der Waals surface area contributed by atoms with E-state index in [1.807, 2.05) is 48.3 Å². The van der Waals surface area contributed by atoms with Crippen molar-refractivity contribution in [1.29, 1.82) is 0 Å². The maximum atomic E-state index is 10.6. The maximum absolute atomic E-state index is 10.6. The lowest BCUT2D eigenvalue weighted by Gasteiger charge is -2.34. The molecule has 4 rings (SSSR count). The number of benzene rings is 1. The first-order chi connectivity index (χ1) is 15.8. The number of carbonyl (C=O) groups is 1. The third-order valence-electron chi connectivity index (χ3n) is 5.09. The number of nitrogens with zero attached hydrogens (tertiary/aromatic N) is 5. The number of ether oxygens (including phenoxy) is 1. The molecule has 0 fully saturated rings. The monoisotopic (exact) mass is 463 g/mol. The Morgan fingerprint density at radius 3 is 2.52 bits per heavy atom. The molecule has 0 saturated heterocycles. The molecule has 0 radical (unpaired) electrons. The third kappa shape index (κ3) is 6.83. The van der Waals surface area contributed by atoms with E-state index in [2.05, 4.69) is 38.4 Å². The number of carboxylic acids is 1. The Balaban J connectivity index is 0.000000383. The van der Waals surface area contributed by atoms with Crippen LogP contribution in [0.2, 0.25) is 0 Å². The summed E-state index contributed by atoms with van der Waals surface area (Å²) in [6.45, 7) is 2.93. The van der Waals surface area contributed by atoms with Crippen LogP contribution in [0.3, 0.4) is 0 Å². The zero-order valence-corrected chi connectivity index (χ0v) is 17.9. The van der Waals surface area contributed by atoms with E-state index >= 15 is 0 Å². The summed E-state index contributed by atoms with van der Waals surface area (Å²) < 4.78 is 39.7. The Morgan fingerprint density at radius 2 is 1.88 bits per heavy atom. The molecule has 0 bridgehead atoms. The van der Waals surface area contributed by atoms with Crippen LogP contribution in [0.4, 0.5) is 13.2 Å². The minimum Gasteiger partial charge on any atom is -0.475 e. The largest absolute Gasteiger partial charge is 0.490 e. The third-order valence-corrected chi connectivity index (χ3v) is 5.09. The van der Waals surface area contributed by atoms with Crippen molar-refractivity contribution in [2.75, 3.05) is 13.2 Å². The second kappa shape index (κ2) is 11.0. The molecule has 0 aliphatic carbocycles. The van der Waals surface area contributed by atoms with Crippen LogP contribution in [-0.4, -0.2) is 55.3 Å². The highest BCUT2D eigenvalue weighted by Gasteiger charge is 2.38. The lowest BCUT2D eigenvalue weighted by atomic mass is 10.0. The lowest BCUT2D eigenvalue weighted by Crippen LogP contribution is -2.38. The zero-order valence-electron chi connectivity index (χ0n) is 17.9. The summed E-state index contributed by atoms with van der Waals surface area (Å²) in [7, 11) is 1.96. The summed E-state index contributed by atoms with van der Waals surface area (Å²) in [6.07, 6.45) is -2.30. The fourth-order valence-electron chi connectivity index (χ4n) is 3.46. The summed E-state index contributed by atoms with van der Waals surface area (Å²) in [4.78, 5) is 15.8. The van der Waals surface area contributed by atoms with Crippen LogP contribution in [-0.2, 0) is 36.2 Å². The van der Waals surface area contributed by atoms with E-state index in [9.17, 15) is 13.2 Å². The molecule has 8 nitrogen and oxygen atoms in total. The minimum atomic E-state index is -5.08. The smallest absolute Gasteiger partial charge is 0.475 e. The fourth-order valence-corrected chi connectivity index (χ4v) is 3.46. The van der Waals surface area contributed by atoms with Crippen molar-refractivity contribution >= 4 is 5.97 Å². The van der Waals surface area contributed by atoms with Gasteiger partial charge in [0.2, 0.25) is 0 Å². The second-order valence-electron chi connectivity index (χ2n) is 7.41. The number of carboxylic acid groups (broad SMARTS) is 1. The molecule has 1 unspecified atom stereocenters. The van der Waals surface area contributed by atoms with Gasteiger partial charge in [-0.1, -0.05) is 41.6 Å². The van der Waals surface area contributed by atoms with Gasteiger partial charge in [0.15, 0.2) is 0 Å². The number of halogens is 3. The quantitative estimate of drug-likeness (QED) is 0.600. The number of aliphatic carboxylic acids is 1. The van der Waals surface area contributed by atoms with Gasteiger partial charge in [0.05, 0.1) is 30.6 Å². The topological polar surface area (TPSA) is 93.4 Å². The molecule has 2 aromatic heterocycles. The van der Waals surface area contributed by atoms with E-state index in [4.69, 9.17) is 14.6 Å². The molecule has 1 aliphatic rings. The van der Waals surface area contributed by atoms with Gasteiger partial charge in [0, 0.05) is 32.8 Å². The maximum Gasteiger partial charge on any atom is 0.490 e. The first kappa shape index (κ1) is 24.3. The second-order valence-corrected chi connectivity index (χ2v) is 7.41. The fraction of sp³-hybridized carbons (Fsp3) is 0.364. The first-order valence-electron chi connectivity index (χ1n) is 10.2. The molecule has 0 saturated carbocycles. The molecule has 1 atom stereocenters. The predicted molar refractivity (Wildman–Crippen MR) is 112 cm³/mol. The number of aryl methyl sites for hydroxylation is 1. The van der Waals surface area contributed by atoms with Crippen LogP contribution >= 0.6 is 0 Å². The highest BCUT2D eigenvalue weighted by molar-refractivity contribution is 5.73. The Kier molecular flexibility index (Phi) is 8.12. The summed E-state index contributed by atoms with van der Waals surface area (Å²) >= 11 is 0. The van der Waals surface area contributed by atoms with Gasteiger partial charge in [-0.25, -0.2) is 4.79 Å². The SMILES string of the molecule is Cn1nnc2c1CCN(Cc1ccccn1)C2COCc1ccccc1.O=C(O)C(F)(F)F. The van der Waals surface area contributed by atoms with Gasteiger partial charge in [0.1, 0.15) is 5.69 Å². The van der Waals surface area contributed by atoms with E-state index in [-0.39, 0.29) is 6.04 Å². The van der Waals surface area contributed by atoms with Gasteiger partial charge in [-0.2, -0.15) is 13.2 Å². The molecule has 176 valence electrons. The van der Waals surface area contributed by atoms with Gasteiger partial charge in [-0.3, -0.25) is 14.6 Å². The molecule has 33 heavy (non-hydrogen) atoms. The van der Waals surface area contributed by atoms with Gasteiger partial charge in [-0.05, 0) is 17.7 Å². The first-order valence-corrected chi connectivity index (χ1v) is 10.2. The molecule has 1 aliphatic heterocycles. The summed E-state index contributed by atoms with van der Waals surface area (Å²) in [6, 6.07) is 16.4. The zero-order chi connectivity index (χ0) is 23.8. The molecule has 11 heteroatoms. The summed E-state index contributed by atoms with van der Waals surface area (Å²) in [5, 5.41) is 15.8. The number of rotatable bonds is 6. The Morgan fingerprint density at radius 1 is 1.18 bits per heavy atom. The van der Waals surface area contributed by atoms with Crippen molar-refractivity contribution in [3.8, 4) is 0 Å². The minimum absolute atomic E-state index is 0.0955. The van der Waals surface area contributed by atoms with Crippen molar-refractivity contribution in [2.45, 2.75) is 31.8 Å². The molecule has 3 heterocycles. The van der Waals surface area contributed by atoms with Crippen LogP contribution in [0.15, 0.2) is 54.7 Å². The van der Waals surface area contributed by atoms with Gasteiger partial charge < -0.3 is 9.84 Å². The van der Waals surface area contributed by atoms with Gasteiger partial charge in [-0.15, -0.1) is 5.10 Å². The molecule has 0 spiro atoms. The van der Waals surface area contributed by atoms with Crippen molar-refractivity contribution in [3.05, 3.63) is 77.4 Å². The van der Waals surface area contributed by atoms with E-state index < -0.39 is 12.1 Å². The van der Waals surface area contributed by atoms with Crippen molar-refractivity contribution in [3.63, 3.8) is 0 Å². The molecule has 3 aromatic rings. The normalized spacial score (nSPS) is 15.9. The van der Waals surface area contributed by atoms with E-state index in [0.717, 1.165) is 30.9 Å². The highest BCUT2D eigenvalue weighted by atomic mass is 19.4. The molecular weight excluding hydrogens is 439 g/mol. The van der Waals surface area contributed by atoms with E-state index in [1.54, 1.807) is 0 Å². The van der Waals surface area contributed by atoms with Crippen LogP contribution in [0, 0.1) is 0 Å². The number of pyridine rings is 1. The number of hydrogen-bond acceptors (Lipinski definition) is 6. The summed E-state index contributed by atoms with van der Waals surface area (Å²) in [5.41, 5.74) is 4.48. The average molecular weight is 463 g/mol. The molecular formula is C22H24F3N5O3. The Labute approximate surface area is 188 Å². The van der Waals surface area contributed by atoms with Crippen LogP contribution < -0.4 is 0 Å². The molecule has 0 amide bonds. The van der Waals surface area contributed by atoms with Gasteiger partial charge in [0.25, 0.3) is 0 Å². The van der Waals surface area contributed by atoms with Crippen LogP contribution in [0.25, 0.3) is 0 Å². The average Bonchev–Trinajstić information content (AvgIpc) is 3.17. The van der Waals surface area contributed by atoms with E-state index in [0.29, 0.717) is 13.2 Å². The molecule has 1 N–H and O–H groups in total. The number of aromatic nitrogens is 4. The summed E-state index contributed by atoms with van der Waals surface area (Å²) in [5.74, 6) is -2.76. The van der Waals surface area contributed by atoms with Crippen molar-refractivity contribution < 1.29 is 27.8 Å². The Bertz CT molecular complexity index is 1030. The van der Waals surface area contributed by atoms with Crippen molar-refractivity contribution in [2.24, 2.45) is 7.05 Å². The Hall–Kier alpha value is -3.31. The van der Waals surface area contributed by atoms with Crippen molar-refractivity contribution in [1.82, 2.24) is 24.9 Å². The highest BCUT2D eigenvalue weighted by Crippen LogP contribution is 2.29. The number of fused-ring (bicyclic) bond motifs is 1. The predicted octanol–water partition coefficient (Wildman–Crippen LogP) is 3.16. The molecule has 1 aromatic carbocycles. The van der Waals surface area contributed by atoms with Crippen LogP contribution in [0.1, 0.15) is 28.7 Å². The van der Waals surface area contributed by atoms with Crippen LogP contribution in [0.5, 0.6) is 0 Å². The van der Waals surface area contributed by atoms with E-state index in [1.165, 1.54) is 11.3 Å².